The maximum Gasteiger partial charge on any atom is 0.303 e. The number of fused-ring (bicyclic) bond motifs is 1. The van der Waals surface area contributed by atoms with Crippen LogP contribution in [-0.4, -0.2) is 45.0 Å². The molecule has 114 valence electrons. The van der Waals surface area contributed by atoms with Crippen LogP contribution in [0.3, 0.4) is 0 Å². The van der Waals surface area contributed by atoms with Crippen molar-refractivity contribution in [2.75, 3.05) is 7.05 Å². The fourth-order valence-electron chi connectivity index (χ4n) is 2.53. The zero-order valence-corrected chi connectivity index (χ0v) is 13.6. The number of aromatic nitrogens is 5. The molecular weight excluding hydrogens is 312 g/mol. The van der Waals surface area contributed by atoms with E-state index in [1.165, 1.54) is 11.4 Å². The van der Waals surface area contributed by atoms with E-state index in [1.54, 1.807) is 18.4 Å². The number of aryl methyl sites for hydroxylation is 3. The van der Waals surface area contributed by atoms with Crippen LogP contribution in [0.25, 0.3) is 0 Å². The standard InChI is InChI=1S/C11H16N6O2S2/c1-7-12-8-5-4-6-9(10(8)20-7)16(2)21(18,19)11-13-15-17(3)14-11/h9H,4-6H2,1-3H3. The smallest absolute Gasteiger partial charge is 0.246 e. The van der Waals surface area contributed by atoms with Gasteiger partial charge in [-0.3, -0.25) is 0 Å². The Hall–Kier alpha value is -1.39. The van der Waals surface area contributed by atoms with Gasteiger partial charge >= 0.3 is 5.16 Å². The first kappa shape index (κ1) is 14.5. The minimum atomic E-state index is -3.74. The minimum Gasteiger partial charge on any atom is -0.246 e. The number of hydrogen-bond acceptors (Lipinski definition) is 7. The molecule has 0 aliphatic heterocycles. The van der Waals surface area contributed by atoms with Crippen molar-refractivity contribution < 1.29 is 8.42 Å². The van der Waals surface area contributed by atoms with Crippen LogP contribution in [0.4, 0.5) is 0 Å². The number of hydrogen-bond donors (Lipinski definition) is 0. The van der Waals surface area contributed by atoms with Gasteiger partial charge in [0.05, 0.1) is 23.8 Å². The van der Waals surface area contributed by atoms with Crippen LogP contribution >= 0.6 is 11.3 Å². The van der Waals surface area contributed by atoms with E-state index in [2.05, 4.69) is 20.4 Å². The highest BCUT2D eigenvalue weighted by Crippen LogP contribution is 2.38. The van der Waals surface area contributed by atoms with Gasteiger partial charge in [0.25, 0.3) is 10.0 Å². The number of thiazole rings is 1. The van der Waals surface area contributed by atoms with Crippen LogP contribution < -0.4 is 0 Å². The third-order valence-electron chi connectivity index (χ3n) is 3.57. The topological polar surface area (TPSA) is 93.9 Å². The first-order chi connectivity index (χ1) is 9.89. The van der Waals surface area contributed by atoms with Crippen molar-refractivity contribution in [2.24, 2.45) is 7.05 Å². The summed E-state index contributed by atoms with van der Waals surface area (Å²) in [6.45, 7) is 1.94. The zero-order valence-electron chi connectivity index (χ0n) is 12.0. The fraction of sp³-hybridized carbons (Fsp3) is 0.636. The monoisotopic (exact) mass is 328 g/mol. The number of rotatable bonds is 3. The van der Waals surface area contributed by atoms with Gasteiger partial charge in [-0.25, -0.2) is 13.4 Å². The van der Waals surface area contributed by atoms with Crippen LogP contribution in [0.15, 0.2) is 5.16 Å². The molecule has 2 aromatic heterocycles. The quantitative estimate of drug-likeness (QED) is 0.822. The van der Waals surface area contributed by atoms with Crippen molar-refractivity contribution in [3.8, 4) is 0 Å². The molecule has 0 amide bonds. The Bertz CT molecular complexity index is 766. The van der Waals surface area contributed by atoms with Crippen molar-refractivity contribution >= 4 is 21.4 Å². The molecule has 1 atom stereocenters. The second kappa shape index (κ2) is 5.11. The predicted molar refractivity (Wildman–Crippen MR) is 76.3 cm³/mol. The Labute approximate surface area is 126 Å². The van der Waals surface area contributed by atoms with E-state index in [-0.39, 0.29) is 11.2 Å². The van der Waals surface area contributed by atoms with Gasteiger partial charge in [0.1, 0.15) is 0 Å². The molecule has 10 heteroatoms. The van der Waals surface area contributed by atoms with Gasteiger partial charge in [-0.2, -0.15) is 9.10 Å². The number of nitrogens with zero attached hydrogens (tertiary/aromatic N) is 6. The van der Waals surface area contributed by atoms with Gasteiger partial charge < -0.3 is 0 Å². The maximum absolute atomic E-state index is 12.6. The number of tetrazole rings is 1. The SMILES string of the molecule is Cc1nc2c(s1)C(N(C)S(=O)(=O)c1nnn(C)n1)CCC2. The third-order valence-corrected chi connectivity index (χ3v) is 6.32. The molecule has 0 saturated heterocycles. The van der Waals surface area contributed by atoms with Crippen LogP contribution in [0.2, 0.25) is 0 Å². The van der Waals surface area contributed by atoms with E-state index in [0.29, 0.717) is 0 Å². The van der Waals surface area contributed by atoms with Gasteiger partial charge in [-0.15, -0.1) is 16.4 Å². The molecule has 0 N–H and O–H groups in total. The Kier molecular flexibility index (Phi) is 3.54. The van der Waals surface area contributed by atoms with Crippen LogP contribution in [-0.2, 0) is 23.5 Å². The van der Waals surface area contributed by atoms with E-state index in [0.717, 1.165) is 39.6 Å². The van der Waals surface area contributed by atoms with Crippen molar-refractivity contribution in [3.05, 3.63) is 15.6 Å². The summed E-state index contributed by atoms with van der Waals surface area (Å²) in [6, 6.07) is -0.200. The lowest BCUT2D eigenvalue weighted by Crippen LogP contribution is -2.33. The van der Waals surface area contributed by atoms with Crippen LogP contribution in [0, 0.1) is 6.92 Å². The summed E-state index contributed by atoms with van der Waals surface area (Å²) >= 11 is 1.56. The lowest BCUT2D eigenvalue weighted by Gasteiger charge is -2.28. The van der Waals surface area contributed by atoms with E-state index >= 15 is 0 Å². The van der Waals surface area contributed by atoms with E-state index < -0.39 is 10.0 Å². The highest BCUT2D eigenvalue weighted by Gasteiger charge is 2.36. The number of sulfonamides is 1. The fourth-order valence-corrected chi connectivity index (χ4v) is 4.92. The van der Waals surface area contributed by atoms with Crippen molar-refractivity contribution in [1.29, 1.82) is 0 Å². The average Bonchev–Trinajstić information content (AvgIpc) is 3.02. The Morgan fingerprint density at radius 3 is 2.86 bits per heavy atom. The van der Waals surface area contributed by atoms with Gasteiger partial charge in [-0.1, -0.05) is 5.10 Å². The molecule has 1 aliphatic carbocycles. The first-order valence-electron chi connectivity index (χ1n) is 6.58. The molecule has 0 aromatic carbocycles. The Morgan fingerprint density at radius 2 is 2.19 bits per heavy atom. The van der Waals surface area contributed by atoms with Gasteiger partial charge in [0.15, 0.2) is 0 Å². The summed E-state index contributed by atoms with van der Waals surface area (Å²) in [5, 5.41) is 11.7. The highest BCUT2D eigenvalue weighted by molar-refractivity contribution is 7.88. The Balaban J connectivity index is 1.97. The molecule has 0 fully saturated rings. The molecule has 1 unspecified atom stereocenters. The average molecular weight is 328 g/mol. The molecule has 2 aromatic rings. The summed E-state index contributed by atoms with van der Waals surface area (Å²) in [6.07, 6.45) is 2.62. The molecule has 3 rings (SSSR count). The van der Waals surface area contributed by atoms with Gasteiger partial charge in [0.2, 0.25) is 0 Å². The second-order valence-electron chi connectivity index (χ2n) is 5.03. The van der Waals surface area contributed by atoms with Gasteiger partial charge in [-0.05, 0) is 31.4 Å². The first-order valence-corrected chi connectivity index (χ1v) is 8.83. The molecule has 8 nitrogen and oxygen atoms in total. The summed E-state index contributed by atoms with van der Waals surface area (Å²) in [5.74, 6) is 0. The van der Waals surface area contributed by atoms with Crippen molar-refractivity contribution in [2.45, 2.75) is 37.4 Å². The maximum atomic E-state index is 12.6. The molecule has 0 saturated carbocycles. The molecule has 2 heterocycles. The van der Waals surface area contributed by atoms with Crippen molar-refractivity contribution in [1.82, 2.24) is 29.5 Å². The zero-order chi connectivity index (χ0) is 15.2. The van der Waals surface area contributed by atoms with E-state index in [9.17, 15) is 8.42 Å². The molecule has 0 spiro atoms. The minimum absolute atomic E-state index is 0.200. The lowest BCUT2D eigenvalue weighted by atomic mass is 9.98. The highest BCUT2D eigenvalue weighted by atomic mass is 32.2. The molecule has 0 radical (unpaired) electrons. The summed E-state index contributed by atoms with van der Waals surface area (Å²) in [7, 11) is -0.636. The second-order valence-corrected chi connectivity index (χ2v) is 8.16. The van der Waals surface area contributed by atoms with Crippen LogP contribution in [0.5, 0.6) is 0 Å². The van der Waals surface area contributed by atoms with Crippen LogP contribution in [0.1, 0.15) is 34.5 Å². The third kappa shape index (κ3) is 2.47. The molecular formula is C11H16N6O2S2. The van der Waals surface area contributed by atoms with Gasteiger partial charge in [0, 0.05) is 11.9 Å². The molecule has 21 heavy (non-hydrogen) atoms. The molecule has 0 bridgehead atoms. The summed E-state index contributed by atoms with van der Waals surface area (Å²) in [4.78, 5) is 6.67. The summed E-state index contributed by atoms with van der Waals surface area (Å²) < 4.78 is 26.5. The van der Waals surface area contributed by atoms with E-state index in [1.807, 2.05) is 6.92 Å². The normalized spacial score (nSPS) is 19.0. The lowest BCUT2D eigenvalue weighted by molar-refractivity contribution is 0.338. The van der Waals surface area contributed by atoms with Crippen molar-refractivity contribution in [3.63, 3.8) is 0 Å². The largest absolute Gasteiger partial charge is 0.303 e. The Morgan fingerprint density at radius 1 is 1.43 bits per heavy atom. The van der Waals surface area contributed by atoms with E-state index in [4.69, 9.17) is 0 Å². The summed E-state index contributed by atoms with van der Waals surface area (Å²) in [5.41, 5.74) is 1.02. The predicted octanol–water partition coefficient (Wildman–Crippen LogP) is 0.673. The molecule has 1 aliphatic rings.